The van der Waals surface area contributed by atoms with Crippen LogP contribution in [0.1, 0.15) is 25.0 Å². The lowest BCUT2D eigenvalue weighted by Gasteiger charge is -2.42. The Bertz CT molecular complexity index is 812. The van der Waals surface area contributed by atoms with Crippen molar-refractivity contribution < 1.29 is 0 Å². The van der Waals surface area contributed by atoms with Gasteiger partial charge in [-0.25, -0.2) is 0 Å². The number of rotatable bonds is 4. The highest BCUT2D eigenvalue weighted by Gasteiger charge is 2.36. The number of halogens is 2. The van der Waals surface area contributed by atoms with E-state index in [0.717, 1.165) is 15.5 Å². The second-order valence-corrected chi connectivity index (χ2v) is 8.07. The number of hydrogen-bond acceptors (Lipinski definition) is 1. The van der Waals surface area contributed by atoms with Crippen LogP contribution >= 0.6 is 31.9 Å². The average molecular weight is 459 g/mol. The summed E-state index contributed by atoms with van der Waals surface area (Å²) in [6, 6.07) is 17.2. The van der Waals surface area contributed by atoms with Gasteiger partial charge in [-0.05, 0) is 35.4 Å². The van der Waals surface area contributed by atoms with Crippen molar-refractivity contribution in [2.75, 3.05) is 10.2 Å². The second kappa shape index (κ2) is 7.35. The monoisotopic (exact) mass is 457 g/mol. The molecule has 0 N–H and O–H groups in total. The summed E-state index contributed by atoms with van der Waals surface area (Å²) in [7, 11) is 0. The molecule has 1 nitrogen and oxygen atoms in total. The van der Waals surface area contributed by atoms with Gasteiger partial charge in [0.25, 0.3) is 0 Å². The van der Waals surface area contributed by atoms with Crippen molar-refractivity contribution in [2.45, 2.75) is 19.3 Å². The van der Waals surface area contributed by atoms with Gasteiger partial charge in [-0.15, -0.1) is 0 Å². The minimum Gasteiger partial charge on any atom is -0.310 e. The zero-order valence-electron chi connectivity index (χ0n) is 14.5. The molecule has 0 saturated carbocycles. The highest BCUT2D eigenvalue weighted by Crippen LogP contribution is 2.50. The Morgan fingerprint density at radius 1 is 1.04 bits per heavy atom. The van der Waals surface area contributed by atoms with Gasteiger partial charge in [0.15, 0.2) is 0 Å². The first-order chi connectivity index (χ1) is 12.0. The van der Waals surface area contributed by atoms with E-state index < -0.39 is 0 Å². The molecule has 128 valence electrons. The number of para-hydroxylation sites is 2. The molecule has 0 aromatic heterocycles. The highest BCUT2D eigenvalue weighted by atomic mass is 79.9. The van der Waals surface area contributed by atoms with Gasteiger partial charge in [0.2, 0.25) is 0 Å². The molecule has 3 rings (SSSR count). The minimum atomic E-state index is -0.0428. The van der Waals surface area contributed by atoms with Crippen molar-refractivity contribution in [3.63, 3.8) is 0 Å². The fourth-order valence-corrected chi connectivity index (χ4v) is 4.62. The molecule has 0 saturated heterocycles. The normalized spacial score (nSPS) is 16.2. The summed E-state index contributed by atoms with van der Waals surface area (Å²) >= 11 is 7.08. The van der Waals surface area contributed by atoms with Crippen LogP contribution in [0.2, 0.25) is 0 Å². The molecule has 1 aliphatic heterocycles. The van der Waals surface area contributed by atoms with E-state index >= 15 is 0 Å². The van der Waals surface area contributed by atoms with Gasteiger partial charge in [-0.3, -0.25) is 0 Å². The van der Waals surface area contributed by atoms with Crippen molar-refractivity contribution >= 4 is 43.2 Å². The highest BCUT2D eigenvalue weighted by molar-refractivity contribution is 9.12. The van der Waals surface area contributed by atoms with E-state index in [0.29, 0.717) is 0 Å². The zero-order valence-corrected chi connectivity index (χ0v) is 17.6. The van der Waals surface area contributed by atoms with Crippen molar-refractivity contribution in [2.24, 2.45) is 0 Å². The van der Waals surface area contributed by atoms with Crippen molar-refractivity contribution in [1.82, 2.24) is 0 Å². The molecule has 0 fully saturated rings. The number of benzene rings is 2. The molecule has 25 heavy (non-hydrogen) atoms. The third kappa shape index (κ3) is 3.28. The third-order valence-corrected chi connectivity index (χ3v) is 5.54. The minimum absolute atomic E-state index is 0.0428. The molecular weight excluding hydrogens is 438 g/mol. The number of allylic oxidation sites excluding steroid dienone is 4. The largest absolute Gasteiger partial charge is 0.310 e. The summed E-state index contributed by atoms with van der Waals surface area (Å²) in [5.41, 5.74) is 6.05. The smallest absolute Gasteiger partial charge is 0.0502 e. The van der Waals surface area contributed by atoms with E-state index in [1.54, 1.807) is 0 Å². The van der Waals surface area contributed by atoms with Crippen LogP contribution in [0.15, 0.2) is 83.5 Å². The van der Waals surface area contributed by atoms with E-state index in [-0.39, 0.29) is 5.41 Å². The second-order valence-electron chi connectivity index (χ2n) is 6.51. The molecule has 2 aromatic carbocycles. The summed E-state index contributed by atoms with van der Waals surface area (Å²) in [5.74, 6) is 0. The first kappa shape index (κ1) is 18.2. The maximum Gasteiger partial charge on any atom is 0.0502 e. The van der Waals surface area contributed by atoms with Crippen LogP contribution in [0.4, 0.5) is 11.4 Å². The molecule has 0 atom stereocenters. The molecule has 0 spiro atoms. The maximum atomic E-state index is 4.06. The molecule has 0 radical (unpaired) electrons. The van der Waals surface area contributed by atoms with Crippen LogP contribution in [0.3, 0.4) is 0 Å². The molecule has 1 aliphatic rings. The Labute approximate surface area is 167 Å². The molecule has 3 heteroatoms. The zero-order chi connectivity index (χ0) is 18.0. The number of fused-ring (bicyclic) bond motifs is 2. The standard InChI is InChI=1S/C22H21Br2N/c1-4-17(15-16(24)13-14-23)25-20-11-7-5-9-18(20)22(2,3)19-10-6-8-12-21(19)25/h4-13,15H,1,14H2,2-3H3/b16-13+,17-15+. The van der Waals surface area contributed by atoms with Crippen LogP contribution in [0.25, 0.3) is 0 Å². The Kier molecular flexibility index (Phi) is 5.35. The summed E-state index contributed by atoms with van der Waals surface area (Å²) < 4.78 is 1.03. The summed E-state index contributed by atoms with van der Waals surface area (Å²) in [4.78, 5) is 2.30. The number of nitrogens with zero attached hydrogens (tertiary/aromatic N) is 1. The van der Waals surface area contributed by atoms with E-state index in [9.17, 15) is 0 Å². The van der Waals surface area contributed by atoms with Crippen LogP contribution in [-0.4, -0.2) is 5.33 Å². The molecule has 0 bridgehead atoms. The SMILES string of the molecule is C=C/C(=C\C(Br)=C/CBr)N1c2ccccc2C(C)(C)c2ccccc21. The molecule has 0 amide bonds. The van der Waals surface area contributed by atoms with Gasteiger partial charge >= 0.3 is 0 Å². The van der Waals surface area contributed by atoms with Crippen molar-refractivity contribution in [3.05, 3.63) is 94.6 Å². The van der Waals surface area contributed by atoms with E-state index in [1.165, 1.54) is 22.5 Å². The topological polar surface area (TPSA) is 3.24 Å². The van der Waals surface area contributed by atoms with Crippen LogP contribution in [0.5, 0.6) is 0 Å². The fraction of sp³-hybridized carbons (Fsp3) is 0.182. The Morgan fingerprint density at radius 2 is 1.56 bits per heavy atom. The Morgan fingerprint density at radius 3 is 2.04 bits per heavy atom. The van der Waals surface area contributed by atoms with Crippen LogP contribution in [-0.2, 0) is 5.41 Å². The summed E-state index contributed by atoms with van der Waals surface area (Å²) in [6.07, 6.45) is 6.10. The van der Waals surface area contributed by atoms with E-state index in [2.05, 4.69) is 118 Å². The molecule has 0 unspecified atom stereocenters. The molecule has 2 aromatic rings. The van der Waals surface area contributed by atoms with Crippen molar-refractivity contribution in [3.8, 4) is 0 Å². The van der Waals surface area contributed by atoms with E-state index in [1.807, 2.05) is 6.08 Å². The quantitative estimate of drug-likeness (QED) is 0.345. The molecule has 0 aliphatic carbocycles. The first-order valence-corrected chi connectivity index (χ1v) is 10.2. The van der Waals surface area contributed by atoms with Gasteiger partial charge in [0.1, 0.15) is 0 Å². The van der Waals surface area contributed by atoms with Crippen LogP contribution < -0.4 is 4.90 Å². The average Bonchev–Trinajstić information content (AvgIpc) is 2.61. The predicted octanol–water partition coefficient (Wildman–Crippen LogP) is 7.21. The lowest BCUT2D eigenvalue weighted by Crippen LogP contribution is -2.32. The van der Waals surface area contributed by atoms with Gasteiger partial charge in [0, 0.05) is 20.9 Å². The number of alkyl halides is 1. The lowest BCUT2D eigenvalue weighted by molar-refractivity contribution is 0.630. The van der Waals surface area contributed by atoms with Crippen LogP contribution in [0, 0.1) is 0 Å². The first-order valence-electron chi connectivity index (χ1n) is 8.25. The van der Waals surface area contributed by atoms with Gasteiger partial charge in [0.05, 0.1) is 11.4 Å². The van der Waals surface area contributed by atoms with Gasteiger partial charge in [-0.2, -0.15) is 0 Å². The summed E-state index contributed by atoms with van der Waals surface area (Å²) in [5, 5.41) is 0.800. The Hall–Kier alpha value is -1.58. The third-order valence-electron chi connectivity index (χ3n) is 4.66. The number of hydrogen-bond donors (Lipinski definition) is 0. The predicted molar refractivity (Wildman–Crippen MR) is 116 cm³/mol. The van der Waals surface area contributed by atoms with E-state index in [4.69, 9.17) is 0 Å². The fourth-order valence-electron chi connectivity index (χ4n) is 3.44. The maximum absolute atomic E-state index is 4.06. The number of anilines is 2. The van der Waals surface area contributed by atoms with Gasteiger partial charge < -0.3 is 4.90 Å². The van der Waals surface area contributed by atoms with Crippen molar-refractivity contribution in [1.29, 1.82) is 0 Å². The lowest BCUT2D eigenvalue weighted by atomic mass is 9.73. The Balaban J connectivity index is 2.28. The van der Waals surface area contributed by atoms with Gasteiger partial charge in [-0.1, -0.05) is 94.8 Å². The molecule has 1 heterocycles. The molecular formula is C22H21Br2N. The summed E-state index contributed by atoms with van der Waals surface area (Å²) in [6.45, 7) is 8.65.